The van der Waals surface area contributed by atoms with Crippen LogP contribution in [-0.2, 0) is 0 Å². The summed E-state index contributed by atoms with van der Waals surface area (Å²) in [6.45, 7) is 0. The third kappa shape index (κ3) is 2.06. The quantitative estimate of drug-likeness (QED) is 0.852. The SMILES string of the molecule is O=C(O)c1cc(Cl)c(N2C(=O)c3ccccc3C2=O)c(Cl)c1. The number of rotatable bonds is 2. The Morgan fingerprint density at radius 3 is 1.82 bits per heavy atom. The summed E-state index contributed by atoms with van der Waals surface area (Å²) in [7, 11) is 0. The number of amides is 2. The fraction of sp³-hybridized carbons (Fsp3) is 0. The van der Waals surface area contributed by atoms with Gasteiger partial charge < -0.3 is 5.11 Å². The van der Waals surface area contributed by atoms with Gasteiger partial charge in [0.25, 0.3) is 11.8 Å². The number of fused-ring (bicyclic) bond motifs is 1. The predicted molar refractivity (Wildman–Crippen MR) is 81.0 cm³/mol. The summed E-state index contributed by atoms with van der Waals surface area (Å²) in [6, 6.07) is 8.64. The van der Waals surface area contributed by atoms with E-state index in [0.717, 1.165) is 17.0 Å². The van der Waals surface area contributed by atoms with Crippen molar-refractivity contribution < 1.29 is 19.5 Å². The van der Waals surface area contributed by atoms with Gasteiger partial charge in [0.2, 0.25) is 0 Å². The van der Waals surface area contributed by atoms with E-state index >= 15 is 0 Å². The number of carbonyl (C=O) groups is 3. The van der Waals surface area contributed by atoms with E-state index in [4.69, 9.17) is 28.3 Å². The summed E-state index contributed by atoms with van der Waals surface area (Å²) in [5.41, 5.74) is 0.360. The maximum Gasteiger partial charge on any atom is 0.335 e. The van der Waals surface area contributed by atoms with Gasteiger partial charge in [-0.2, -0.15) is 0 Å². The van der Waals surface area contributed by atoms with Gasteiger partial charge in [0.15, 0.2) is 0 Å². The minimum absolute atomic E-state index is 0.0143. The number of carboxylic acids is 1. The summed E-state index contributed by atoms with van der Waals surface area (Å²) in [5, 5.41) is 8.80. The Balaban J connectivity index is 2.16. The molecule has 0 spiro atoms. The average Bonchev–Trinajstić information content (AvgIpc) is 2.72. The van der Waals surface area contributed by atoms with Crippen molar-refractivity contribution in [1.29, 1.82) is 0 Å². The third-order valence-electron chi connectivity index (χ3n) is 3.28. The number of benzene rings is 2. The zero-order valence-electron chi connectivity index (χ0n) is 10.8. The van der Waals surface area contributed by atoms with Crippen LogP contribution in [0.1, 0.15) is 31.1 Å². The Labute approximate surface area is 134 Å². The monoisotopic (exact) mass is 335 g/mol. The number of anilines is 1. The zero-order chi connectivity index (χ0) is 16.0. The first-order valence-corrected chi connectivity index (χ1v) is 6.87. The second kappa shape index (κ2) is 5.12. The summed E-state index contributed by atoms with van der Waals surface area (Å²) >= 11 is 12.1. The van der Waals surface area contributed by atoms with Crippen LogP contribution in [0, 0.1) is 0 Å². The highest BCUT2D eigenvalue weighted by atomic mass is 35.5. The molecule has 1 aliphatic heterocycles. The van der Waals surface area contributed by atoms with Crippen molar-refractivity contribution in [3.63, 3.8) is 0 Å². The highest BCUT2D eigenvalue weighted by Gasteiger charge is 2.38. The lowest BCUT2D eigenvalue weighted by Crippen LogP contribution is -2.30. The van der Waals surface area contributed by atoms with Crippen LogP contribution in [0.2, 0.25) is 10.0 Å². The predicted octanol–water partition coefficient (Wildman–Crippen LogP) is 3.49. The van der Waals surface area contributed by atoms with Crippen molar-refractivity contribution in [3.05, 3.63) is 63.1 Å². The largest absolute Gasteiger partial charge is 0.478 e. The molecule has 22 heavy (non-hydrogen) atoms. The van der Waals surface area contributed by atoms with Crippen LogP contribution < -0.4 is 4.90 Å². The highest BCUT2D eigenvalue weighted by molar-refractivity contribution is 6.45. The van der Waals surface area contributed by atoms with Crippen LogP contribution in [0.25, 0.3) is 0 Å². The normalized spacial score (nSPS) is 13.5. The molecular weight excluding hydrogens is 329 g/mol. The van der Waals surface area contributed by atoms with Crippen molar-refractivity contribution in [2.24, 2.45) is 0 Å². The van der Waals surface area contributed by atoms with Gasteiger partial charge in [0, 0.05) is 0 Å². The van der Waals surface area contributed by atoms with Gasteiger partial charge in [-0.25, -0.2) is 9.69 Å². The molecule has 0 bridgehead atoms. The van der Waals surface area contributed by atoms with Gasteiger partial charge in [-0.05, 0) is 24.3 Å². The lowest BCUT2D eigenvalue weighted by Gasteiger charge is -2.17. The highest BCUT2D eigenvalue weighted by Crippen LogP contribution is 2.39. The number of hydrogen-bond donors (Lipinski definition) is 1. The van der Waals surface area contributed by atoms with Crippen molar-refractivity contribution in [3.8, 4) is 0 Å². The molecule has 2 aromatic carbocycles. The van der Waals surface area contributed by atoms with E-state index in [1.807, 2.05) is 0 Å². The first-order valence-electron chi connectivity index (χ1n) is 6.12. The number of nitrogens with zero attached hydrogens (tertiary/aromatic N) is 1. The van der Waals surface area contributed by atoms with Gasteiger partial charge in [-0.3, -0.25) is 9.59 Å². The fourth-order valence-corrected chi connectivity index (χ4v) is 2.95. The molecule has 0 aromatic heterocycles. The number of aromatic carboxylic acids is 1. The number of carboxylic acid groups (broad SMARTS) is 1. The van der Waals surface area contributed by atoms with Crippen LogP contribution in [-0.4, -0.2) is 22.9 Å². The van der Waals surface area contributed by atoms with E-state index < -0.39 is 17.8 Å². The molecule has 0 saturated carbocycles. The van der Waals surface area contributed by atoms with Crippen LogP contribution in [0.3, 0.4) is 0 Å². The van der Waals surface area contributed by atoms with E-state index in [-0.39, 0.29) is 32.4 Å². The Kier molecular flexibility index (Phi) is 3.39. The molecule has 5 nitrogen and oxygen atoms in total. The van der Waals surface area contributed by atoms with Gasteiger partial charge in [-0.1, -0.05) is 35.3 Å². The number of imide groups is 1. The number of halogens is 2. The summed E-state index contributed by atoms with van der Waals surface area (Å²) < 4.78 is 0. The Bertz CT molecular complexity index is 789. The van der Waals surface area contributed by atoms with Crippen molar-refractivity contribution in [2.45, 2.75) is 0 Å². The molecule has 3 rings (SSSR count). The van der Waals surface area contributed by atoms with Crippen molar-refractivity contribution >= 4 is 46.7 Å². The Morgan fingerprint density at radius 2 is 1.41 bits per heavy atom. The second-order valence-corrected chi connectivity index (χ2v) is 5.40. The summed E-state index contributed by atoms with van der Waals surface area (Å²) in [5.74, 6) is -2.31. The lowest BCUT2D eigenvalue weighted by atomic mass is 10.1. The van der Waals surface area contributed by atoms with Gasteiger partial charge in [-0.15, -0.1) is 0 Å². The summed E-state index contributed by atoms with van der Waals surface area (Å²) in [6.07, 6.45) is 0. The number of hydrogen-bond acceptors (Lipinski definition) is 3. The standard InChI is InChI=1S/C15H7Cl2NO4/c16-10-5-7(15(21)22)6-11(17)12(10)18-13(19)8-3-1-2-4-9(8)14(18)20/h1-6H,(H,21,22). The lowest BCUT2D eigenvalue weighted by molar-refractivity contribution is 0.0696. The minimum Gasteiger partial charge on any atom is -0.478 e. The topological polar surface area (TPSA) is 74.7 Å². The molecule has 1 N–H and O–H groups in total. The maximum atomic E-state index is 12.4. The van der Waals surface area contributed by atoms with E-state index in [1.165, 1.54) is 12.1 Å². The average molecular weight is 336 g/mol. The zero-order valence-corrected chi connectivity index (χ0v) is 12.4. The molecule has 0 fully saturated rings. The molecule has 7 heteroatoms. The van der Waals surface area contributed by atoms with E-state index in [2.05, 4.69) is 0 Å². The summed E-state index contributed by atoms with van der Waals surface area (Å²) in [4.78, 5) is 36.6. The fourth-order valence-electron chi connectivity index (χ4n) is 2.29. The first kappa shape index (κ1) is 14.6. The minimum atomic E-state index is -1.21. The van der Waals surface area contributed by atoms with E-state index in [0.29, 0.717) is 0 Å². The Hall–Kier alpha value is -2.37. The van der Waals surface area contributed by atoms with Crippen LogP contribution in [0.15, 0.2) is 36.4 Å². The van der Waals surface area contributed by atoms with E-state index in [1.54, 1.807) is 12.1 Å². The van der Waals surface area contributed by atoms with Crippen LogP contribution in [0.5, 0.6) is 0 Å². The molecular formula is C15H7Cl2NO4. The molecule has 2 aromatic rings. The molecule has 0 radical (unpaired) electrons. The Morgan fingerprint density at radius 1 is 0.955 bits per heavy atom. The number of carbonyl (C=O) groups excluding carboxylic acids is 2. The third-order valence-corrected chi connectivity index (χ3v) is 3.86. The van der Waals surface area contributed by atoms with Crippen LogP contribution >= 0.6 is 23.2 Å². The first-order chi connectivity index (χ1) is 10.4. The van der Waals surface area contributed by atoms with Crippen molar-refractivity contribution in [2.75, 3.05) is 4.90 Å². The molecule has 0 aliphatic carbocycles. The van der Waals surface area contributed by atoms with Crippen molar-refractivity contribution in [1.82, 2.24) is 0 Å². The molecule has 1 heterocycles. The molecule has 0 atom stereocenters. The molecule has 0 saturated heterocycles. The second-order valence-electron chi connectivity index (χ2n) is 4.58. The van der Waals surface area contributed by atoms with Gasteiger partial charge >= 0.3 is 5.97 Å². The smallest absolute Gasteiger partial charge is 0.335 e. The maximum absolute atomic E-state index is 12.4. The van der Waals surface area contributed by atoms with Gasteiger partial charge in [0.1, 0.15) is 0 Å². The molecule has 1 aliphatic rings. The van der Waals surface area contributed by atoms with Gasteiger partial charge in [0.05, 0.1) is 32.4 Å². The molecule has 0 unspecified atom stereocenters. The van der Waals surface area contributed by atoms with Crippen LogP contribution in [0.4, 0.5) is 5.69 Å². The molecule has 2 amide bonds. The van der Waals surface area contributed by atoms with E-state index in [9.17, 15) is 14.4 Å². The molecule has 110 valence electrons.